The number of nitrogens with one attached hydrogen (secondary N) is 1. The lowest BCUT2D eigenvalue weighted by Gasteiger charge is -2.06. The molecule has 0 atom stereocenters. The Morgan fingerprint density at radius 1 is 1.43 bits per heavy atom. The highest BCUT2D eigenvalue weighted by Crippen LogP contribution is 2.41. The van der Waals surface area contributed by atoms with E-state index in [0.717, 1.165) is 12.8 Å². The number of carbonyl (C=O) groups excluding carboxylic acids is 3. The number of imide groups is 1. The van der Waals surface area contributed by atoms with E-state index >= 15 is 0 Å². The Kier molecular flexibility index (Phi) is 4.51. The zero-order valence-corrected chi connectivity index (χ0v) is 11.7. The van der Waals surface area contributed by atoms with Crippen LogP contribution >= 0.6 is 0 Å². The number of nitrogens with two attached hydrogens (primary N) is 1. The van der Waals surface area contributed by atoms with Gasteiger partial charge >= 0.3 is 12.0 Å². The number of amides is 3. The summed E-state index contributed by atoms with van der Waals surface area (Å²) < 4.78 is 6.46. The molecule has 0 aliphatic heterocycles. The Morgan fingerprint density at radius 3 is 2.71 bits per heavy atom. The van der Waals surface area contributed by atoms with Crippen molar-refractivity contribution in [3.05, 3.63) is 11.4 Å². The molecule has 0 radical (unpaired) electrons. The number of nitrogens with zero attached hydrogens (tertiary/aromatic N) is 3. The quantitative estimate of drug-likeness (QED) is 0.706. The number of aromatic nitrogens is 3. The molecule has 114 valence electrons. The molecule has 3 amide bonds. The Bertz CT molecular complexity index is 564. The Labute approximate surface area is 120 Å². The van der Waals surface area contributed by atoms with E-state index in [1.807, 2.05) is 5.32 Å². The lowest BCUT2D eigenvalue weighted by atomic mass is 10.2. The van der Waals surface area contributed by atoms with Gasteiger partial charge < -0.3 is 10.5 Å². The van der Waals surface area contributed by atoms with Crippen LogP contribution in [0.1, 0.15) is 48.3 Å². The van der Waals surface area contributed by atoms with Gasteiger partial charge in [0.15, 0.2) is 5.69 Å². The third-order valence-electron chi connectivity index (χ3n) is 3.02. The first-order valence-electron chi connectivity index (χ1n) is 6.72. The maximum Gasteiger partial charge on any atom is 0.360 e. The molecule has 3 N–H and O–H groups in total. The van der Waals surface area contributed by atoms with E-state index in [0.29, 0.717) is 5.69 Å². The zero-order chi connectivity index (χ0) is 15.4. The van der Waals surface area contributed by atoms with Gasteiger partial charge in [0.1, 0.15) is 0 Å². The lowest BCUT2D eigenvalue weighted by Crippen LogP contribution is -2.35. The topological polar surface area (TPSA) is 129 Å². The Hall–Kier alpha value is -2.45. The van der Waals surface area contributed by atoms with E-state index < -0.39 is 17.9 Å². The molecule has 9 heteroatoms. The standard InChI is InChI=1S/C12H17N5O4/c1-2-21-11(19)9-10(7-3-4-7)17(16-15-9)6-5-8(18)14-12(13)20/h7H,2-6H2,1H3,(H3,13,14,18,20). The molecule has 0 unspecified atom stereocenters. The summed E-state index contributed by atoms with van der Waals surface area (Å²) in [6, 6.07) is -0.895. The van der Waals surface area contributed by atoms with Gasteiger partial charge in [-0.15, -0.1) is 5.10 Å². The van der Waals surface area contributed by atoms with Gasteiger partial charge in [0, 0.05) is 12.3 Å². The molecule has 2 rings (SSSR count). The van der Waals surface area contributed by atoms with Crippen LogP contribution in [-0.2, 0) is 16.1 Å². The van der Waals surface area contributed by atoms with Crippen LogP contribution in [-0.4, -0.2) is 39.5 Å². The summed E-state index contributed by atoms with van der Waals surface area (Å²) >= 11 is 0. The largest absolute Gasteiger partial charge is 0.461 e. The van der Waals surface area contributed by atoms with E-state index in [1.165, 1.54) is 4.68 Å². The van der Waals surface area contributed by atoms with Crippen LogP contribution < -0.4 is 11.1 Å². The number of primary amides is 1. The molecule has 1 aromatic rings. The summed E-state index contributed by atoms with van der Waals surface area (Å²) in [5.41, 5.74) is 5.76. The van der Waals surface area contributed by atoms with Crippen molar-refractivity contribution in [1.29, 1.82) is 0 Å². The molecule has 0 bridgehead atoms. The second-order valence-corrected chi connectivity index (χ2v) is 4.70. The number of urea groups is 1. The van der Waals surface area contributed by atoms with Crippen molar-refractivity contribution in [3.8, 4) is 0 Å². The number of aryl methyl sites for hydroxylation is 1. The Balaban J connectivity index is 2.07. The van der Waals surface area contributed by atoms with Crippen LogP contribution in [0.3, 0.4) is 0 Å². The van der Waals surface area contributed by atoms with E-state index in [-0.39, 0.29) is 31.2 Å². The monoisotopic (exact) mass is 295 g/mol. The first kappa shape index (κ1) is 14.9. The minimum absolute atomic E-state index is 0.0221. The Morgan fingerprint density at radius 2 is 2.14 bits per heavy atom. The summed E-state index contributed by atoms with van der Waals surface area (Å²) in [6.45, 7) is 2.20. The van der Waals surface area contributed by atoms with Crippen molar-refractivity contribution in [3.63, 3.8) is 0 Å². The van der Waals surface area contributed by atoms with Gasteiger partial charge in [-0.3, -0.25) is 10.1 Å². The molecule has 9 nitrogen and oxygen atoms in total. The summed E-state index contributed by atoms with van der Waals surface area (Å²) in [4.78, 5) is 33.8. The first-order chi connectivity index (χ1) is 10.0. The molecule has 0 aromatic carbocycles. The number of hydrogen-bond donors (Lipinski definition) is 2. The second-order valence-electron chi connectivity index (χ2n) is 4.70. The normalized spacial score (nSPS) is 13.8. The SMILES string of the molecule is CCOC(=O)c1nnn(CCC(=O)NC(N)=O)c1C1CC1. The maximum atomic E-state index is 11.8. The maximum absolute atomic E-state index is 11.8. The fraction of sp³-hybridized carbons (Fsp3) is 0.583. The van der Waals surface area contributed by atoms with Crippen LogP contribution in [0.4, 0.5) is 4.79 Å². The molecule has 1 aliphatic carbocycles. The average molecular weight is 295 g/mol. The third-order valence-corrected chi connectivity index (χ3v) is 3.02. The van der Waals surface area contributed by atoms with Crippen LogP contribution in [0.25, 0.3) is 0 Å². The molecule has 1 heterocycles. The van der Waals surface area contributed by atoms with Crippen LogP contribution in [0.2, 0.25) is 0 Å². The molecule has 1 saturated carbocycles. The van der Waals surface area contributed by atoms with E-state index in [2.05, 4.69) is 10.3 Å². The van der Waals surface area contributed by atoms with E-state index in [4.69, 9.17) is 10.5 Å². The van der Waals surface area contributed by atoms with Gasteiger partial charge in [0.05, 0.1) is 18.8 Å². The zero-order valence-electron chi connectivity index (χ0n) is 11.7. The summed E-state index contributed by atoms with van der Waals surface area (Å²) in [5, 5.41) is 9.73. The van der Waals surface area contributed by atoms with Crippen LogP contribution in [0.15, 0.2) is 0 Å². The second kappa shape index (κ2) is 6.33. The number of carbonyl (C=O) groups is 3. The van der Waals surface area contributed by atoms with E-state index in [1.54, 1.807) is 6.92 Å². The highest BCUT2D eigenvalue weighted by atomic mass is 16.5. The van der Waals surface area contributed by atoms with Crippen LogP contribution in [0.5, 0.6) is 0 Å². The number of rotatable bonds is 6. The van der Waals surface area contributed by atoms with Gasteiger partial charge in [0.2, 0.25) is 5.91 Å². The minimum Gasteiger partial charge on any atom is -0.461 e. The highest BCUT2D eigenvalue weighted by Gasteiger charge is 2.34. The summed E-state index contributed by atoms with van der Waals surface area (Å²) in [5.74, 6) is -0.789. The molecular weight excluding hydrogens is 278 g/mol. The van der Waals surface area contributed by atoms with Crippen LogP contribution in [0, 0.1) is 0 Å². The van der Waals surface area contributed by atoms with Crippen molar-refractivity contribution < 1.29 is 19.1 Å². The van der Waals surface area contributed by atoms with Crippen molar-refractivity contribution >= 4 is 17.9 Å². The van der Waals surface area contributed by atoms with Crippen molar-refractivity contribution in [2.45, 2.75) is 38.6 Å². The fourth-order valence-corrected chi connectivity index (χ4v) is 2.00. The molecular formula is C12H17N5O4. The number of esters is 1. The van der Waals surface area contributed by atoms with Crippen molar-refractivity contribution in [1.82, 2.24) is 20.3 Å². The molecule has 1 aromatic heterocycles. The summed E-state index contributed by atoms with van der Waals surface area (Å²) in [7, 11) is 0. The van der Waals surface area contributed by atoms with Gasteiger partial charge in [-0.2, -0.15) is 0 Å². The first-order valence-corrected chi connectivity index (χ1v) is 6.72. The average Bonchev–Trinajstić information content (AvgIpc) is 3.15. The van der Waals surface area contributed by atoms with Gasteiger partial charge in [-0.25, -0.2) is 14.3 Å². The molecule has 0 saturated heterocycles. The summed E-state index contributed by atoms with van der Waals surface area (Å²) in [6.07, 6.45) is 1.93. The molecule has 1 aliphatic rings. The van der Waals surface area contributed by atoms with Crippen molar-refractivity contribution in [2.75, 3.05) is 6.61 Å². The smallest absolute Gasteiger partial charge is 0.360 e. The van der Waals surface area contributed by atoms with Crippen molar-refractivity contribution in [2.24, 2.45) is 5.73 Å². The highest BCUT2D eigenvalue weighted by molar-refractivity contribution is 5.93. The fourth-order valence-electron chi connectivity index (χ4n) is 2.00. The lowest BCUT2D eigenvalue weighted by molar-refractivity contribution is -0.120. The van der Waals surface area contributed by atoms with E-state index in [9.17, 15) is 14.4 Å². The molecule has 21 heavy (non-hydrogen) atoms. The number of ether oxygens (including phenoxy) is 1. The minimum atomic E-state index is -0.895. The predicted molar refractivity (Wildman–Crippen MR) is 70.3 cm³/mol. The third kappa shape index (κ3) is 3.77. The predicted octanol–water partition coefficient (Wildman–Crippen LogP) is -0.0828. The molecule has 1 fully saturated rings. The molecule has 0 spiro atoms. The van der Waals surface area contributed by atoms with Gasteiger partial charge in [-0.1, -0.05) is 5.21 Å². The van der Waals surface area contributed by atoms with Gasteiger partial charge in [-0.05, 0) is 19.8 Å². The number of hydrogen-bond acceptors (Lipinski definition) is 6. The van der Waals surface area contributed by atoms with Gasteiger partial charge in [0.25, 0.3) is 0 Å².